The van der Waals surface area contributed by atoms with Gasteiger partial charge >= 0.3 is 0 Å². The van der Waals surface area contributed by atoms with Gasteiger partial charge in [-0.2, -0.15) is 0 Å². The molecule has 3 aromatic carbocycles. The lowest BCUT2D eigenvalue weighted by atomic mass is 10.0. The summed E-state index contributed by atoms with van der Waals surface area (Å²) in [7, 11) is -3.75. The maximum absolute atomic E-state index is 14.0. The van der Waals surface area contributed by atoms with Gasteiger partial charge in [-0.15, -0.1) is 0 Å². The number of unbranched alkanes of at least 4 members (excludes halogenated alkanes) is 1. The summed E-state index contributed by atoms with van der Waals surface area (Å²) in [5.74, 6) is -0.648. The third kappa shape index (κ3) is 10.3. The van der Waals surface area contributed by atoms with Gasteiger partial charge in [-0.1, -0.05) is 96.1 Å². The van der Waals surface area contributed by atoms with Crippen molar-refractivity contribution in [2.75, 3.05) is 23.7 Å². The molecule has 0 aliphatic heterocycles. The number of carbonyl (C=O) groups excluding carboxylic acids is 2. The summed E-state index contributed by atoms with van der Waals surface area (Å²) in [4.78, 5) is 29.1. The van der Waals surface area contributed by atoms with Gasteiger partial charge in [-0.25, -0.2) is 8.42 Å². The molecular formula is C31H35Cl4N3O4S. The third-order valence-corrected chi connectivity index (χ3v) is 9.26. The first-order valence-electron chi connectivity index (χ1n) is 13.9. The molecule has 0 fully saturated rings. The number of amides is 2. The quantitative estimate of drug-likeness (QED) is 0.169. The predicted octanol–water partition coefficient (Wildman–Crippen LogP) is 7.40. The molecule has 1 unspecified atom stereocenters. The van der Waals surface area contributed by atoms with Crippen LogP contribution in [0.5, 0.6) is 0 Å². The fourth-order valence-corrected chi connectivity index (χ4v) is 6.50. The van der Waals surface area contributed by atoms with Crippen molar-refractivity contribution in [1.29, 1.82) is 0 Å². The Kier molecular flexibility index (Phi) is 13.5. The van der Waals surface area contributed by atoms with Crippen LogP contribution in [0.3, 0.4) is 0 Å². The Morgan fingerprint density at radius 2 is 1.56 bits per heavy atom. The first-order chi connectivity index (χ1) is 20.4. The van der Waals surface area contributed by atoms with Gasteiger partial charge in [0.15, 0.2) is 0 Å². The highest BCUT2D eigenvalue weighted by Gasteiger charge is 2.31. The summed E-state index contributed by atoms with van der Waals surface area (Å²) in [5.41, 5.74) is 1.61. The van der Waals surface area contributed by atoms with Gasteiger partial charge in [0.25, 0.3) is 0 Å². The summed E-state index contributed by atoms with van der Waals surface area (Å²) in [6.45, 7) is 2.46. The summed E-state index contributed by atoms with van der Waals surface area (Å²) in [6.07, 6.45) is 3.11. The normalized spacial score (nSPS) is 12.0. The lowest BCUT2D eigenvalue weighted by molar-refractivity contribution is -0.141. The average Bonchev–Trinajstić information content (AvgIpc) is 2.95. The van der Waals surface area contributed by atoms with Crippen molar-refractivity contribution in [2.24, 2.45) is 0 Å². The predicted molar refractivity (Wildman–Crippen MR) is 177 cm³/mol. The van der Waals surface area contributed by atoms with Crippen LogP contribution in [0.4, 0.5) is 5.69 Å². The number of halogens is 4. The maximum atomic E-state index is 14.0. The molecular weight excluding hydrogens is 652 g/mol. The van der Waals surface area contributed by atoms with Crippen LogP contribution in [-0.2, 0) is 32.6 Å². The van der Waals surface area contributed by atoms with Crippen LogP contribution in [0.2, 0.25) is 20.1 Å². The number of sulfonamides is 1. The van der Waals surface area contributed by atoms with Crippen LogP contribution in [0.1, 0.15) is 43.7 Å². The number of nitrogens with zero attached hydrogens (tertiary/aromatic N) is 2. The lowest BCUT2D eigenvalue weighted by Gasteiger charge is -2.32. The first-order valence-corrected chi connectivity index (χ1v) is 17.2. The minimum Gasteiger partial charge on any atom is -0.354 e. The molecule has 43 heavy (non-hydrogen) atoms. The molecule has 0 spiro atoms. The van der Waals surface area contributed by atoms with Gasteiger partial charge in [0, 0.05) is 53.1 Å². The zero-order valence-electron chi connectivity index (χ0n) is 24.0. The van der Waals surface area contributed by atoms with E-state index < -0.39 is 16.1 Å². The standard InChI is InChI=1S/C31H35Cl4N3O4S/c1-3-4-17-36-31(40)29(19-22-10-6-5-7-11-22)37(21-24-25(33)12-8-13-26(24)34)30(39)14-9-18-38(43(2,41)42)28-20-23(32)15-16-27(28)35/h5-8,10-13,15-16,20,29H,3-4,9,14,17-19,21H2,1-2H3,(H,36,40). The topological polar surface area (TPSA) is 86.8 Å². The van der Waals surface area contributed by atoms with E-state index in [1.165, 1.54) is 17.0 Å². The molecule has 0 heterocycles. The fourth-order valence-electron chi connectivity index (χ4n) is 4.57. The minimum atomic E-state index is -3.75. The van der Waals surface area contributed by atoms with Crippen LogP contribution < -0.4 is 9.62 Å². The van der Waals surface area contributed by atoms with E-state index in [0.717, 1.165) is 29.0 Å². The molecule has 1 atom stereocenters. The van der Waals surface area contributed by atoms with Crippen molar-refractivity contribution < 1.29 is 18.0 Å². The highest BCUT2D eigenvalue weighted by atomic mass is 35.5. The SMILES string of the molecule is CCCCNC(=O)C(Cc1ccccc1)N(Cc1c(Cl)cccc1Cl)C(=O)CCCN(c1cc(Cl)ccc1Cl)S(C)(=O)=O. The molecule has 0 bridgehead atoms. The Labute approximate surface area is 274 Å². The van der Waals surface area contributed by atoms with E-state index >= 15 is 0 Å². The van der Waals surface area contributed by atoms with Crippen molar-refractivity contribution in [3.8, 4) is 0 Å². The number of hydrogen-bond acceptors (Lipinski definition) is 4. The van der Waals surface area contributed by atoms with Crippen molar-refractivity contribution >= 4 is 73.9 Å². The molecule has 2 amide bonds. The molecule has 7 nitrogen and oxygen atoms in total. The second-order valence-electron chi connectivity index (χ2n) is 10.1. The molecule has 0 aliphatic rings. The molecule has 232 valence electrons. The smallest absolute Gasteiger partial charge is 0.243 e. The van der Waals surface area contributed by atoms with Gasteiger partial charge in [-0.3, -0.25) is 13.9 Å². The van der Waals surface area contributed by atoms with Gasteiger partial charge < -0.3 is 10.2 Å². The number of anilines is 1. The van der Waals surface area contributed by atoms with Gasteiger partial charge in [0.2, 0.25) is 21.8 Å². The van der Waals surface area contributed by atoms with Crippen molar-refractivity contribution in [3.05, 3.63) is 97.9 Å². The first kappa shape index (κ1) is 35.0. The van der Waals surface area contributed by atoms with E-state index in [1.807, 2.05) is 37.3 Å². The van der Waals surface area contributed by atoms with Crippen LogP contribution in [0.15, 0.2) is 66.7 Å². The van der Waals surface area contributed by atoms with E-state index in [4.69, 9.17) is 46.4 Å². The lowest BCUT2D eigenvalue weighted by Crippen LogP contribution is -2.50. The second-order valence-corrected chi connectivity index (χ2v) is 13.7. The number of nitrogens with one attached hydrogen (secondary N) is 1. The second kappa shape index (κ2) is 16.5. The summed E-state index contributed by atoms with van der Waals surface area (Å²) in [5, 5.41) is 4.24. The van der Waals surface area contributed by atoms with Crippen LogP contribution >= 0.6 is 46.4 Å². The van der Waals surface area contributed by atoms with Crippen LogP contribution in [0.25, 0.3) is 0 Å². The van der Waals surface area contributed by atoms with Gasteiger partial charge in [-0.05, 0) is 48.7 Å². The number of benzene rings is 3. The Balaban J connectivity index is 1.93. The Morgan fingerprint density at radius 1 is 0.884 bits per heavy atom. The van der Waals surface area contributed by atoms with E-state index in [9.17, 15) is 18.0 Å². The molecule has 1 N–H and O–H groups in total. The average molecular weight is 688 g/mol. The highest BCUT2D eigenvalue weighted by Crippen LogP contribution is 2.31. The fraction of sp³-hybridized carbons (Fsp3) is 0.355. The molecule has 12 heteroatoms. The molecule has 0 aromatic heterocycles. The molecule has 0 saturated carbocycles. The molecule has 0 aliphatic carbocycles. The van der Waals surface area contributed by atoms with Crippen LogP contribution in [0, 0.1) is 0 Å². The van der Waals surface area contributed by atoms with E-state index in [2.05, 4.69) is 5.32 Å². The van der Waals surface area contributed by atoms with E-state index in [-0.39, 0.29) is 54.9 Å². The molecule has 0 radical (unpaired) electrons. The Bertz CT molecular complexity index is 1490. The number of hydrogen-bond donors (Lipinski definition) is 1. The summed E-state index contributed by atoms with van der Waals surface area (Å²) in [6, 6.07) is 18.2. The van der Waals surface area contributed by atoms with Crippen molar-refractivity contribution in [2.45, 2.75) is 51.6 Å². The summed E-state index contributed by atoms with van der Waals surface area (Å²) >= 11 is 25.4. The zero-order valence-corrected chi connectivity index (χ0v) is 27.9. The Morgan fingerprint density at radius 3 is 2.19 bits per heavy atom. The third-order valence-electron chi connectivity index (χ3n) is 6.82. The van der Waals surface area contributed by atoms with Crippen molar-refractivity contribution in [1.82, 2.24) is 10.2 Å². The summed E-state index contributed by atoms with van der Waals surface area (Å²) < 4.78 is 26.5. The highest BCUT2D eigenvalue weighted by molar-refractivity contribution is 7.92. The van der Waals surface area contributed by atoms with Gasteiger partial charge in [0.1, 0.15) is 6.04 Å². The van der Waals surface area contributed by atoms with Crippen molar-refractivity contribution in [3.63, 3.8) is 0 Å². The molecule has 0 saturated heterocycles. The largest absolute Gasteiger partial charge is 0.354 e. The maximum Gasteiger partial charge on any atom is 0.243 e. The number of carbonyl (C=O) groups is 2. The monoisotopic (exact) mass is 685 g/mol. The zero-order chi connectivity index (χ0) is 31.6. The van der Waals surface area contributed by atoms with E-state index in [0.29, 0.717) is 27.2 Å². The van der Waals surface area contributed by atoms with E-state index in [1.54, 1.807) is 24.3 Å². The Hall–Kier alpha value is -2.49. The molecule has 3 rings (SSSR count). The molecule has 3 aromatic rings. The minimum absolute atomic E-state index is 0.00799. The van der Waals surface area contributed by atoms with Gasteiger partial charge in [0.05, 0.1) is 17.0 Å². The number of rotatable bonds is 15. The van der Waals surface area contributed by atoms with Crippen LogP contribution in [-0.4, -0.2) is 50.5 Å².